The average molecular weight is 292 g/mol. The van der Waals surface area contributed by atoms with E-state index < -0.39 is 5.60 Å². The van der Waals surface area contributed by atoms with E-state index in [1.165, 1.54) is 5.56 Å². The molecule has 0 fully saturated rings. The smallest absolute Gasteiger partial charge is 0.0767 e. The molecule has 4 heteroatoms. The lowest BCUT2D eigenvalue weighted by atomic mass is 9.86. The Balaban J connectivity index is 2.57. The van der Waals surface area contributed by atoms with Crippen LogP contribution < -0.4 is 5.32 Å². The van der Waals surface area contributed by atoms with Crippen molar-refractivity contribution in [1.82, 2.24) is 5.32 Å². The minimum atomic E-state index is -0.736. The van der Waals surface area contributed by atoms with Crippen LogP contribution >= 0.6 is 27.3 Å². The van der Waals surface area contributed by atoms with Crippen LogP contribution in [0.2, 0.25) is 0 Å². The van der Waals surface area contributed by atoms with Gasteiger partial charge >= 0.3 is 0 Å². The molecular formula is C11H18BrNOS. The lowest BCUT2D eigenvalue weighted by Gasteiger charge is -2.38. The van der Waals surface area contributed by atoms with Crippen LogP contribution in [0.1, 0.15) is 33.3 Å². The molecule has 0 bridgehead atoms. The number of hydrogen-bond acceptors (Lipinski definition) is 3. The molecule has 0 aromatic carbocycles. The molecule has 1 aromatic rings. The van der Waals surface area contributed by atoms with Gasteiger partial charge in [-0.1, -0.05) is 0 Å². The summed E-state index contributed by atoms with van der Waals surface area (Å²) in [6.45, 7) is 8.44. The summed E-state index contributed by atoms with van der Waals surface area (Å²) in [6.07, 6.45) is 0. The maximum absolute atomic E-state index is 9.96. The van der Waals surface area contributed by atoms with Crippen molar-refractivity contribution in [2.45, 2.75) is 45.4 Å². The fourth-order valence-corrected chi connectivity index (χ4v) is 2.19. The second-order valence-corrected chi connectivity index (χ2v) is 7.09. The van der Waals surface area contributed by atoms with Crippen LogP contribution in [0.15, 0.2) is 15.2 Å². The predicted octanol–water partition coefficient (Wildman–Crippen LogP) is 3.15. The first kappa shape index (κ1) is 13.2. The summed E-state index contributed by atoms with van der Waals surface area (Å²) < 4.78 is 1.14. The SMILES string of the molecule is CC(C)(O)C(C)(C)NCc1csc(Br)c1. The second kappa shape index (κ2) is 4.53. The van der Waals surface area contributed by atoms with Gasteiger partial charge in [-0.25, -0.2) is 0 Å². The van der Waals surface area contributed by atoms with E-state index in [0.29, 0.717) is 0 Å². The number of hydrogen-bond donors (Lipinski definition) is 2. The van der Waals surface area contributed by atoms with E-state index in [1.54, 1.807) is 11.3 Å². The molecule has 0 saturated heterocycles. The number of thiophene rings is 1. The maximum atomic E-state index is 9.96. The van der Waals surface area contributed by atoms with E-state index in [-0.39, 0.29) is 5.54 Å². The van der Waals surface area contributed by atoms with Crippen molar-refractivity contribution in [3.05, 3.63) is 20.8 Å². The quantitative estimate of drug-likeness (QED) is 0.893. The standard InChI is InChI=1S/C11H18BrNOS/c1-10(2,11(3,4)14)13-6-8-5-9(12)15-7-8/h5,7,13-14H,6H2,1-4H3. The molecule has 2 nitrogen and oxygen atoms in total. The molecule has 86 valence electrons. The van der Waals surface area contributed by atoms with E-state index in [0.717, 1.165) is 10.3 Å². The zero-order valence-corrected chi connectivity index (χ0v) is 12.0. The highest BCUT2D eigenvalue weighted by molar-refractivity contribution is 9.11. The van der Waals surface area contributed by atoms with Gasteiger partial charge in [-0.3, -0.25) is 0 Å². The van der Waals surface area contributed by atoms with E-state index in [2.05, 4.69) is 32.7 Å². The molecule has 0 aliphatic rings. The minimum Gasteiger partial charge on any atom is -0.389 e. The Morgan fingerprint density at radius 3 is 2.40 bits per heavy atom. The van der Waals surface area contributed by atoms with E-state index in [4.69, 9.17) is 0 Å². The van der Waals surface area contributed by atoms with Crippen molar-refractivity contribution in [1.29, 1.82) is 0 Å². The van der Waals surface area contributed by atoms with Gasteiger partial charge in [0, 0.05) is 12.1 Å². The Labute approximate surface area is 104 Å². The summed E-state index contributed by atoms with van der Waals surface area (Å²) in [7, 11) is 0. The number of halogens is 1. The van der Waals surface area contributed by atoms with E-state index in [9.17, 15) is 5.11 Å². The summed E-state index contributed by atoms with van der Waals surface area (Å²) in [6, 6.07) is 2.10. The molecule has 0 amide bonds. The van der Waals surface area contributed by atoms with Gasteiger partial charge in [0.25, 0.3) is 0 Å². The monoisotopic (exact) mass is 291 g/mol. The van der Waals surface area contributed by atoms with Crippen molar-refractivity contribution >= 4 is 27.3 Å². The largest absolute Gasteiger partial charge is 0.389 e. The van der Waals surface area contributed by atoms with Crippen LogP contribution in [-0.2, 0) is 6.54 Å². The van der Waals surface area contributed by atoms with Crippen LogP contribution in [-0.4, -0.2) is 16.2 Å². The minimum absolute atomic E-state index is 0.304. The van der Waals surface area contributed by atoms with Gasteiger partial charge in [-0.15, -0.1) is 11.3 Å². The highest BCUT2D eigenvalue weighted by atomic mass is 79.9. The zero-order chi connectivity index (χ0) is 11.7. The summed E-state index contributed by atoms with van der Waals surface area (Å²) >= 11 is 5.11. The molecule has 1 rings (SSSR count). The summed E-state index contributed by atoms with van der Waals surface area (Å²) in [5, 5.41) is 15.4. The molecule has 0 aliphatic carbocycles. The first-order valence-corrected chi connectivity index (χ1v) is 6.60. The number of rotatable bonds is 4. The van der Waals surface area contributed by atoms with Crippen LogP contribution in [0, 0.1) is 0 Å². The van der Waals surface area contributed by atoms with Crippen molar-refractivity contribution in [3.8, 4) is 0 Å². The molecule has 0 atom stereocenters. The van der Waals surface area contributed by atoms with Gasteiger partial charge in [-0.05, 0) is 60.6 Å². The number of nitrogens with one attached hydrogen (secondary N) is 1. The molecule has 0 spiro atoms. The normalized spacial score (nSPS) is 13.2. The van der Waals surface area contributed by atoms with Gasteiger partial charge in [0.15, 0.2) is 0 Å². The second-order valence-electron chi connectivity index (χ2n) is 4.80. The molecule has 2 N–H and O–H groups in total. The fourth-order valence-electron chi connectivity index (χ4n) is 0.978. The molecule has 15 heavy (non-hydrogen) atoms. The molecule has 0 aliphatic heterocycles. The Kier molecular flexibility index (Phi) is 3.98. The first-order valence-electron chi connectivity index (χ1n) is 4.93. The third-order valence-electron chi connectivity index (χ3n) is 2.89. The van der Waals surface area contributed by atoms with Crippen molar-refractivity contribution in [2.24, 2.45) is 0 Å². The lowest BCUT2D eigenvalue weighted by molar-refractivity contribution is -0.00530. The Morgan fingerprint density at radius 2 is 2.00 bits per heavy atom. The Bertz CT molecular complexity index is 328. The summed E-state index contributed by atoms with van der Waals surface area (Å²) in [5.41, 5.74) is 0.200. The maximum Gasteiger partial charge on any atom is 0.0767 e. The van der Waals surface area contributed by atoms with Crippen molar-refractivity contribution in [2.75, 3.05) is 0 Å². The third-order valence-corrected chi connectivity index (χ3v) is 4.44. The lowest BCUT2D eigenvalue weighted by Crippen LogP contribution is -2.55. The van der Waals surface area contributed by atoms with E-state index >= 15 is 0 Å². The van der Waals surface area contributed by atoms with E-state index in [1.807, 2.05) is 27.7 Å². The molecular weight excluding hydrogens is 274 g/mol. The van der Waals surface area contributed by atoms with Crippen molar-refractivity contribution < 1.29 is 5.11 Å². The molecule has 0 unspecified atom stereocenters. The molecule has 1 heterocycles. The predicted molar refractivity (Wildman–Crippen MR) is 69.2 cm³/mol. The van der Waals surface area contributed by atoms with Crippen LogP contribution in [0.5, 0.6) is 0 Å². The molecule has 1 aromatic heterocycles. The van der Waals surface area contributed by atoms with Gasteiger partial charge in [0.1, 0.15) is 0 Å². The topological polar surface area (TPSA) is 32.3 Å². The van der Waals surface area contributed by atoms with Gasteiger partial charge in [0.2, 0.25) is 0 Å². The average Bonchev–Trinajstić information content (AvgIpc) is 2.46. The third kappa shape index (κ3) is 3.55. The highest BCUT2D eigenvalue weighted by Gasteiger charge is 2.34. The highest BCUT2D eigenvalue weighted by Crippen LogP contribution is 2.23. The number of aliphatic hydroxyl groups is 1. The summed E-state index contributed by atoms with van der Waals surface area (Å²) in [5.74, 6) is 0. The van der Waals surface area contributed by atoms with Crippen LogP contribution in [0.25, 0.3) is 0 Å². The van der Waals surface area contributed by atoms with Gasteiger partial charge < -0.3 is 10.4 Å². The fraction of sp³-hybridized carbons (Fsp3) is 0.636. The zero-order valence-electron chi connectivity index (χ0n) is 9.60. The van der Waals surface area contributed by atoms with Gasteiger partial charge in [-0.2, -0.15) is 0 Å². The Hall–Kier alpha value is 0.100. The molecule has 0 saturated carbocycles. The van der Waals surface area contributed by atoms with Crippen molar-refractivity contribution in [3.63, 3.8) is 0 Å². The Morgan fingerprint density at radius 1 is 1.40 bits per heavy atom. The summed E-state index contributed by atoms with van der Waals surface area (Å²) in [4.78, 5) is 0. The van der Waals surface area contributed by atoms with Crippen LogP contribution in [0.4, 0.5) is 0 Å². The first-order chi connectivity index (χ1) is 6.72. The van der Waals surface area contributed by atoms with Gasteiger partial charge in [0.05, 0.1) is 9.39 Å². The molecule has 0 radical (unpaired) electrons. The van der Waals surface area contributed by atoms with Crippen LogP contribution in [0.3, 0.4) is 0 Å².